The first-order valence-corrected chi connectivity index (χ1v) is 12.3. The molecule has 1 aromatic heterocycles. The molecule has 1 N–H and O–H groups in total. The van der Waals surface area contributed by atoms with Crippen LogP contribution in [-0.4, -0.2) is 53.2 Å². The number of hydrogen-bond acceptors (Lipinski definition) is 4. The highest BCUT2D eigenvalue weighted by molar-refractivity contribution is 9.10. The van der Waals surface area contributed by atoms with Crippen LogP contribution in [0.4, 0.5) is 0 Å². The Morgan fingerprint density at radius 3 is 2.82 bits per heavy atom. The zero-order valence-electron chi connectivity index (χ0n) is 19.3. The van der Waals surface area contributed by atoms with Gasteiger partial charge in [-0.3, -0.25) is 9.59 Å². The molecule has 2 amide bonds. The molecule has 8 heteroatoms. The highest BCUT2D eigenvalue weighted by Gasteiger charge is 2.48. The lowest BCUT2D eigenvalue weighted by Gasteiger charge is -2.44. The zero-order chi connectivity index (χ0) is 23.9. The molecule has 3 heterocycles. The number of carbonyl (C=O) groups is 2. The van der Waals surface area contributed by atoms with E-state index in [-0.39, 0.29) is 17.9 Å². The van der Waals surface area contributed by atoms with E-state index < -0.39 is 5.54 Å². The lowest BCUT2D eigenvalue weighted by atomic mass is 9.93. The summed E-state index contributed by atoms with van der Waals surface area (Å²) in [6, 6.07) is 15.4. The van der Waals surface area contributed by atoms with Crippen LogP contribution < -0.4 is 10.1 Å². The number of aromatic nitrogens is 1. The summed E-state index contributed by atoms with van der Waals surface area (Å²) in [6.45, 7) is 3.67. The number of methoxy groups -OCH3 is 1. The average molecular weight is 526 g/mol. The van der Waals surface area contributed by atoms with E-state index in [1.807, 2.05) is 60.0 Å². The third-order valence-electron chi connectivity index (χ3n) is 6.93. The first kappa shape index (κ1) is 22.9. The maximum Gasteiger partial charge on any atom is 0.271 e. The van der Waals surface area contributed by atoms with Crippen LogP contribution in [0.2, 0.25) is 0 Å². The van der Waals surface area contributed by atoms with Gasteiger partial charge in [0, 0.05) is 35.6 Å². The summed E-state index contributed by atoms with van der Waals surface area (Å²) in [6.07, 6.45) is 1.96. The number of amides is 2. The molecule has 2 aromatic carbocycles. The molecular weight excluding hydrogens is 498 g/mol. The summed E-state index contributed by atoms with van der Waals surface area (Å²) in [5.74, 6) is 0.353. The van der Waals surface area contributed by atoms with Gasteiger partial charge in [-0.15, -0.1) is 0 Å². The molecule has 34 heavy (non-hydrogen) atoms. The predicted molar refractivity (Wildman–Crippen MR) is 133 cm³/mol. The Bertz CT molecular complexity index is 1250. The van der Waals surface area contributed by atoms with Gasteiger partial charge in [0.25, 0.3) is 5.91 Å². The van der Waals surface area contributed by atoms with Gasteiger partial charge in [0.15, 0.2) is 0 Å². The Balaban J connectivity index is 1.55. The fourth-order valence-electron chi connectivity index (χ4n) is 4.90. The molecule has 0 spiro atoms. The molecule has 7 nitrogen and oxygen atoms in total. The number of hydrogen-bond donors (Lipinski definition) is 1. The number of rotatable bonds is 6. The summed E-state index contributed by atoms with van der Waals surface area (Å²) in [7, 11) is 1.62. The van der Waals surface area contributed by atoms with Gasteiger partial charge in [-0.2, -0.15) is 0 Å². The van der Waals surface area contributed by atoms with E-state index in [9.17, 15) is 9.59 Å². The standard InChI is InChI=1S/C26H28BrN3O4/c1-26(25(32)28-14-20-7-5-11-34-20)16-29-22-13-19(33-2)10-9-17(22)12-23(29)24(31)30(26)15-18-6-3-4-8-21(18)27/h3-4,6,8-10,12-13,20H,5,7,11,14-16H2,1-2H3,(H,28,32)/t20-,26-/m0/s1. The van der Waals surface area contributed by atoms with Crippen LogP contribution in [0.1, 0.15) is 35.8 Å². The van der Waals surface area contributed by atoms with Crippen LogP contribution in [0.5, 0.6) is 5.75 Å². The predicted octanol–water partition coefficient (Wildman–Crippen LogP) is 4.12. The van der Waals surface area contributed by atoms with E-state index >= 15 is 0 Å². The molecule has 2 aliphatic heterocycles. The van der Waals surface area contributed by atoms with Crippen molar-refractivity contribution >= 4 is 38.6 Å². The molecule has 178 valence electrons. The lowest BCUT2D eigenvalue weighted by Crippen LogP contribution is -2.64. The van der Waals surface area contributed by atoms with E-state index in [2.05, 4.69) is 21.2 Å². The van der Waals surface area contributed by atoms with Crippen LogP contribution in [0.25, 0.3) is 10.9 Å². The number of fused-ring (bicyclic) bond motifs is 3. The number of halogens is 1. The van der Waals surface area contributed by atoms with Gasteiger partial charge in [-0.25, -0.2) is 0 Å². The topological polar surface area (TPSA) is 72.8 Å². The van der Waals surface area contributed by atoms with Crippen molar-refractivity contribution < 1.29 is 19.1 Å². The highest BCUT2D eigenvalue weighted by Crippen LogP contribution is 2.35. The monoisotopic (exact) mass is 525 g/mol. The quantitative estimate of drug-likeness (QED) is 0.525. The molecule has 5 rings (SSSR count). The molecule has 3 aromatic rings. The second-order valence-electron chi connectivity index (χ2n) is 9.14. The second kappa shape index (κ2) is 9.07. The first-order chi connectivity index (χ1) is 16.4. The number of benzene rings is 2. The van der Waals surface area contributed by atoms with E-state index in [4.69, 9.17) is 9.47 Å². The lowest BCUT2D eigenvalue weighted by molar-refractivity contribution is -0.133. The smallest absolute Gasteiger partial charge is 0.271 e. The molecule has 2 aliphatic rings. The van der Waals surface area contributed by atoms with E-state index in [0.29, 0.717) is 31.1 Å². The van der Waals surface area contributed by atoms with Gasteiger partial charge in [0.2, 0.25) is 5.91 Å². The molecule has 2 atom stereocenters. The molecule has 0 unspecified atom stereocenters. The Hall–Kier alpha value is -2.84. The van der Waals surface area contributed by atoms with Crippen molar-refractivity contribution in [2.24, 2.45) is 0 Å². The number of carbonyl (C=O) groups excluding carboxylic acids is 2. The van der Waals surface area contributed by atoms with Crippen LogP contribution in [0, 0.1) is 0 Å². The summed E-state index contributed by atoms with van der Waals surface area (Å²) < 4.78 is 14.0. The average Bonchev–Trinajstić information content (AvgIpc) is 3.49. The second-order valence-corrected chi connectivity index (χ2v) is 10.00. The molecular formula is C26H28BrN3O4. The van der Waals surface area contributed by atoms with Crippen molar-refractivity contribution in [1.29, 1.82) is 0 Å². The van der Waals surface area contributed by atoms with Crippen LogP contribution in [-0.2, 0) is 22.6 Å². The molecule has 0 bridgehead atoms. The minimum atomic E-state index is -1.09. The van der Waals surface area contributed by atoms with Crippen LogP contribution in [0.15, 0.2) is 53.0 Å². The Kier molecular flexibility index (Phi) is 6.12. The zero-order valence-corrected chi connectivity index (χ0v) is 20.9. The van der Waals surface area contributed by atoms with Crippen molar-refractivity contribution in [2.75, 3.05) is 20.3 Å². The SMILES string of the molecule is COc1ccc2cc3n(c2c1)C[C@@](C)(C(=O)NC[C@@H]1CCCO1)N(Cc1ccccc1Br)C3=O. The summed E-state index contributed by atoms with van der Waals surface area (Å²) in [5, 5.41) is 4.01. The number of nitrogens with one attached hydrogen (secondary N) is 1. The fourth-order valence-corrected chi connectivity index (χ4v) is 5.31. The Labute approximate surface area is 207 Å². The Morgan fingerprint density at radius 1 is 1.26 bits per heavy atom. The van der Waals surface area contributed by atoms with E-state index in [0.717, 1.165) is 40.4 Å². The van der Waals surface area contributed by atoms with Gasteiger partial charge in [-0.1, -0.05) is 34.1 Å². The van der Waals surface area contributed by atoms with Gasteiger partial charge in [-0.05, 0) is 49.6 Å². The van der Waals surface area contributed by atoms with Crippen molar-refractivity contribution in [3.8, 4) is 5.75 Å². The van der Waals surface area contributed by atoms with Gasteiger partial charge < -0.3 is 24.3 Å². The first-order valence-electron chi connectivity index (χ1n) is 11.5. The van der Waals surface area contributed by atoms with Gasteiger partial charge >= 0.3 is 0 Å². The number of ether oxygens (including phenoxy) is 2. The van der Waals surface area contributed by atoms with Gasteiger partial charge in [0.05, 0.1) is 25.3 Å². The highest BCUT2D eigenvalue weighted by atomic mass is 79.9. The van der Waals surface area contributed by atoms with Crippen molar-refractivity contribution in [1.82, 2.24) is 14.8 Å². The van der Waals surface area contributed by atoms with E-state index in [1.54, 1.807) is 12.0 Å². The van der Waals surface area contributed by atoms with Crippen LogP contribution in [0.3, 0.4) is 0 Å². The molecule has 1 saturated heterocycles. The molecule has 0 aliphatic carbocycles. The third kappa shape index (κ3) is 3.99. The summed E-state index contributed by atoms with van der Waals surface area (Å²) in [5.41, 5.74) is 1.30. The normalized spacial score (nSPS) is 22.1. The van der Waals surface area contributed by atoms with Crippen molar-refractivity contribution in [2.45, 2.75) is 44.5 Å². The maximum atomic E-state index is 13.9. The van der Waals surface area contributed by atoms with E-state index in [1.165, 1.54) is 0 Å². The minimum absolute atomic E-state index is 0.0239. The maximum absolute atomic E-state index is 13.9. The fraction of sp³-hybridized carbons (Fsp3) is 0.385. The third-order valence-corrected chi connectivity index (χ3v) is 7.70. The molecule has 0 radical (unpaired) electrons. The van der Waals surface area contributed by atoms with Gasteiger partial charge in [0.1, 0.15) is 17.0 Å². The largest absolute Gasteiger partial charge is 0.497 e. The summed E-state index contributed by atoms with van der Waals surface area (Å²) >= 11 is 3.59. The number of nitrogens with zero attached hydrogens (tertiary/aromatic N) is 2. The van der Waals surface area contributed by atoms with Crippen LogP contribution >= 0.6 is 15.9 Å². The molecule has 0 saturated carbocycles. The van der Waals surface area contributed by atoms with Crippen molar-refractivity contribution in [3.63, 3.8) is 0 Å². The molecule has 1 fully saturated rings. The summed E-state index contributed by atoms with van der Waals surface area (Å²) in [4.78, 5) is 29.3. The Morgan fingerprint density at radius 2 is 2.09 bits per heavy atom. The van der Waals surface area contributed by atoms with Crippen molar-refractivity contribution in [3.05, 3.63) is 64.3 Å². The minimum Gasteiger partial charge on any atom is -0.497 e.